The molecule has 9 heteroatoms. The molecule has 5 nitrogen and oxygen atoms in total. The lowest BCUT2D eigenvalue weighted by Gasteiger charge is -2.25. The highest BCUT2D eigenvalue weighted by atomic mass is 35.5. The number of carbonyl (C=O) groups excluding carboxylic acids is 2. The average Bonchev–Trinajstić information content (AvgIpc) is 2.68. The summed E-state index contributed by atoms with van der Waals surface area (Å²) in [5, 5.41) is 16.8. The van der Waals surface area contributed by atoms with Crippen LogP contribution < -0.4 is 10.6 Å². The Morgan fingerprint density at radius 3 is 2.52 bits per heavy atom. The van der Waals surface area contributed by atoms with Gasteiger partial charge in [0.2, 0.25) is 11.8 Å². The topological polar surface area (TPSA) is 82.0 Å². The summed E-state index contributed by atoms with van der Waals surface area (Å²) < 4.78 is 0. The fraction of sp³-hybridized carbons (Fsp3) is 0.150. The van der Waals surface area contributed by atoms with Gasteiger partial charge in [-0.2, -0.15) is 5.26 Å². The predicted octanol–water partition coefficient (Wildman–Crippen LogP) is 5.36. The number of benzene rings is 2. The summed E-state index contributed by atoms with van der Waals surface area (Å²) in [5.41, 5.74) is 1.66. The number of nitriles is 1. The third-order valence-electron chi connectivity index (χ3n) is 4.18. The van der Waals surface area contributed by atoms with Gasteiger partial charge in [-0.25, -0.2) is 0 Å². The van der Waals surface area contributed by atoms with Gasteiger partial charge in [-0.05, 0) is 35.9 Å². The van der Waals surface area contributed by atoms with Crippen molar-refractivity contribution in [2.24, 2.45) is 0 Å². The smallest absolute Gasteiger partial charge is 0.234 e. The molecule has 0 unspecified atom stereocenters. The standard InChI is InChI=1S/C20H14Cl3N3O2S/c21-12-3-1-11(2-4-12)14-8-18(27)26-20(15(14)9-24)29-10-19(28)25-17-6-5-13(22)7-16(17)23/h1-7,14H,8,10H2,(H,25,28)(H,26,27)/t14-/m1/s1. The van der Waals surface area contributed by atoms with Crippen LogP contribution in [-0.2, 0) is 9.59 Å². The molecule has 29 heavy (non-hydrogen) atoms. The molecule has 0 radical (unpaired) electrons. The van der Waals surface area contributed by atoms with Gasteiger partial charge >= 0.3 is 0 Å². The summed E-state index contributed by atoms with van der Waals surface area (Å²) >= 11 is 18.9. The van der Waals surface area contributed by atoms with E-state index in [2.05, 4.69) is 16.7 Å². The van der Waals surface area contributed by atoms with Crippen molar-refractivity contribution in [2.45, 2.75) is 12.3 Å². The molecule has 1 heterocycles. The van der Waals surface area contributed by atoms with Crippen LogP contribution in [0.1, 0.15) is 17.9 Å². The molecule has 1 atom stereocenters. The van der Waals surface area contributed by atoms with E-state index < -0.39 is 0 Å². The van der Waals surface area contributed by atoms with E-state index in [1.807, 2.05) is 0 Å². The number of thioether (sulfide) groups is 1. The maximum atomic E-state index is 12.3. The van der Waals surface area contributed by atoms with E-state index >= 15 is 0 Å². The SMILES string of the molecule is N#CC1=C(SCC(=O)Nc2ccc(Cl)cc2Cl)NC(=O)C[C@@H]1c1ccc(Cl)cc1. The maximum absolute atomic E-state index is 12.3. The highest BCUT2D eigenvalue weighted by molar-refractivity contribution is 8.03. The maximum Gasteiger partial charge on any atom is 0.234 e. The first-order chi connectivity index (χ1) is 13.9. The van der Waals surface area contributed by atoms with Crippen molar-refractivity contribution in [3.8, 4) is 6.07 Å². The molecule has 3 rings (SSSR count). The van der Waals surface area contributed by atoms with Crippen LogP contribution >= 0.6 is 46.6 Å². The molecule has 148 valence electrons. The molecule has 0 aromatic heterocycles. The average molecular weight is 467 g/mol. The number of hydrogen-bond acceptors (Lipinski definition) is 4. The molecule has 2 aromatic rings. The van der Waals surface area contributed by atoms with Gasteiger partial charge in [-0.3, -0.25) is 9.59 Å². The Balaban J connectivity index is 1.75. The molecule has 0 fully saturated rings. The first kappa shape index (κ1) is 21.5. The second-order valence-corrected chi connectivity index (χ2v) is 8.44. The predicted molar refractivity (Wildman–Crippen MR) is 117 cm³/mol. The molecule has 1 aliphatic rings. The van der Waals surface area contributed by atoms with E-state index in [4.69, 9.17) is 34.8 Å². The summed E-state index contributed by atoms with van der Waals surface area (Å²) in [4.78, 5) is 24.5. The van der Waals surface area contributed by atoms with Crippen molar-refractivity contribution in [2.75, 3.05) is 11.1 Å². The fourth-order valence-corrected chi connectivity index (χ4v) is 4.29. The molecule has 1 aliphatic heterocycles. The van der Waals surface area contributed by atoms with Gasteiger partial charge in [0.25, 0.3) is 0 Å². The van der Waals surface area contributed by atoms with Crippen LogP contribution in [0.2, 0.25) is 15.1 Å². The van der Waals surface area contributed by atoms with Crippen LogP contribution in [0.15, 0.2) is 53.1 Å². The van der Waals surface area contributed by atoms with E-state index in [-0.39, 0.29) is 29.9 Å². The quantitative estimate of drug-likeness (QED) is 0.621. The third kappa shape index (κ3) is 5.46. The third-order valence-corrected chi connectivity index (χ3v) is 6.00. The van der Waals surface area contributed by atoms with Crippen LogP contribution in [0.25, 0.3) is 0 Å². The second kappa shape index (κ2) is 9.55. The minimum Gasteiger partial charge on any atom is -0.324 e. The Labute approximate surface area is 187 Å². The number of carbonyl (C=O) groups is 2. The van der Waals surface area contributed by atoms with E-state index in [0.29, 0.717) is 31.4 Å². The van der Waals surface area contributed by atoms with E-state index in [0.717, 1.165) is 17.3 Å². The number of nitrogens with zero attached hydrogens (tertiary/aromatic N) is 1. The zero-order valence-corrected chi connectivity index (χ0v) is 17.9. The first-order valence-electron chi connectivity index (χ1n) is 8.44. The van der Waals surface area contributed by atoms with Gasteiger partial charge in [0, 0.05) is 22.4 Å². The van der Waals surface area contributed by atoms with Crippen LogP contribution in [0, 0.1) is 11.3 Å². The van der Waals surface area contributed by atoms with Crippen molar-refractivity contribution in [1.29, 1.82) is 5.26 Å². The lowest BCUT2D eigenvalue weighted by Crippen LogP contribution is -2.31. The van der Waals surface area contributed by atoms with E-state index in [9.17, 15) is 14.9 Å². The molecular weight excluding hydrogens is 453 g/mol. The Morgan fingerprint density at radius 1 is 1.17 bits per heavy atom. The molecule has 2 amide bonds. The number of hydrogen-bond donors (Lipinski definition) is 2. The summed E-state index contributed by atoms with van der Waals surface area (Å²) in [5.74, 6) is -0.936. The molecule has 0 saturated carbocycles. The van der Waals surface area contributed by atoms with Gasteiger partial charge in [0.15, 0.2) is 0 Å². The van der Waals surface area contributed by atoms with Crippen LogP contribution in [-0.4, -0.2) is 17.6 Å². The molecule has 0 aliphatic carbocycles. The summed E-state index contributed by atoms with van der Waals surface area (Å²) in [6.45, 7) is 0. The first-order valence-corrected chi connectivity index (χ1v) is 10.6. The number of anilines is 1. The van der Waals surface area contributed by atoms with Crippen molar-refractivity contribution in [1.82, 2.24) is 5.32 Å². The highest BCUT2D eigenvalue weighted by Crippen LogP contribution is 2.36. The Hall–Kier alpha value is -2.17. The van der Waals surface area contributed by atoms with Gasteiger partial charge in [0.05, 0.1) is 33.1 Å². The Morgan fingerprint density at radius 2 is 1.86 bits per heavy atom. The van der Waals surface area contributed by atoms with Crippen molar-refractivity contribution in [3.05, 3.63) is 73.7 Å². The lowest BCUT2D eigenvalue weighted by molar-refractivity contribution is -0.121. The molecular formula is C20H14Cl3N3O2S. The summed E-state index contributed by atoms with van der Waals surface area (Å²) in [7, 11) is 0. The van der Waals surface area contributed by atoms with Crippen molar-refractivity contribution in [3.63, 3.8) is 0 Å². The minimum atomic E-state index is -0.387. The van der Waals surface area contributed by atoms with E-state index in [1.165, 1.54) is 6.07 Å². The van der Waals surface area contributed by atoms with Crippen LogP contribution in [0.5, 0.6) is 0 Å². The Bertz CT molecular complexity index is 1030. The summed E-state index contributed by atoms with van der Waals surface area (Å²) in [6, 6.07) is 13.9. The van der Waals surface area contributed by atoms with Crippen LogP contribution in [0.3, 0.4) is 0 Å². The number of halogens is 3. The lowest BCUT2D eigenvalue weighted by atomic mass is 9.87. The molecule has 2 N–H and O–H groups in total. The van der Waals surface area contributed by atoms with Gasteiger partial charge in [-0.1, -0.05) is 58.7 Å². The molecule has 0 saturated heterocycles. The fourth-order valence-electron chi connectivity index (χ4n) is 2.83. The zero-order valence-electron chi connectivity index (χ0n) is 14.8. The van der Waals surface area contributed by atoms with Crippen molar-refractivity contribution >= 4 is 64.1 Å². The van der Waals surface area contributed by atoms with Gasteiger partial charge in [0.1, 0.15) is 0 Å². The molecule has 0 spiro atoms. The summed E-state index contributed by atoms with van der Waals surface area (Å²) in [6.07, 6.45) is 0.154. The van der Waals surface area contributed by atoms with Crippen molar-refractivity contribution < 1.29 is 9.59 Å². The largest absolute Gasteiger partial charge is 0.324 e. The number of allylic oxidation sites excluding steroid dienone is 1. The monoisotopic (exact) mass is 465 g/mol. The van der Waals surface area contributed by atoms with E-state index in [1.54, 1.807) is 36.4 Å². The highest BCUT2D eigenvalue weighted by Gasteiger charge is 2.29. The van der Waals surface area contributed by atoms with Crippen LogP contribution in [0.4, 0.5) is 5.69 Å². The normalized spacial score (nSPS) is 16.2. The number of rotatable bonds is 5. The molecule has 0 bridgehead atoms. The minimum absolute atomic E-state index is 0.00686. The zero-order chi connectivity index (χ0) is 21.0. The number of amides is 2. The second-order valence-electron chi connectivity index (χ2n) is 6.17. The van der Waals surface area contributed by atoms with Gasteiger partial charge < -0.3 is 10.6 Å². The Kier molecular flexibility index (Phi) is 7.09. The number of nitrogens with one attached hydrogen (secondary N) is 2. The molecule has 2 aromatic carbocycles. The van der Waals surface area contributed by atoms with Gasteiger partial charge in [-0.15, -0.1) is 0 Å².